The lowest BCUT2D eigenvalue weighted by atomic mass is 10.1. The van der Waals surface area contributed by atoms with Gasteiger partial charge in [-0.25, -0.2) is 4.39 Å². The molecule has 0 spiro atoms. The molecule has 4 nitrogen and oxygen atoms in total. The summed E-state index contributed by atoms with van der Waals surface area (Å²) in [6.07, 6.45) is 0. The number of carboxylic acids is 1. The zero-order chi connectivity index (χ0) is 14.7. The topological polar surface area (TPSA) is 43.8 Å². The Hall–Kier alpha value is -0.980. The highest BCUT2D eigenvalue weighted by molar-refractivity contribution is 9.10. The van der Waals surface area contributed by atoms with Crippen molar-refractivity contribution in [1.29, 1.82) is 0 Å². The molecule has 1 N–H and O–H groups in total. The van der Waals surface area contributed by atoms with Crippen LogP contribution in [0.3, 0.4) is 0 Å². The highest BCUT2D eigenvalue weighted by atomic mass is 79.9. The molecule has 20 heavy (non-hydrogen) atoms. The third-order valence-corrected chi connectivity index (χ3v) is 4.41. The Labute approximate surface area is 126 Å². The number of hydrogen-bond donors (Lipinski definition) is 1. The van der Waals surface area contributed by atoms with Gasteiger partial charge in [0.2, 0.25) is 0 Å². The van der Waals surface area contributed by atoms with E-state index < -0.39 is 5.97 Å². The monoisotopic (exact) mass is 344 g/mol. The van der Waals surface area contributed by atoms with Crippen molar-refractivity contribution in [2.45, 2.75) is 13.0 Å². The van der Waals surface area contributed by atoms with Crippen LogP contribution >= 0.6 is 15.9 Å². The number of nitrogens with zero attached hydrogens (tertiary/aromatic N) is 2. The van der Waals surface area contributed by atoms with Crippen LogP contribution in [-0.2, 0) is 4.79 Å². The Morgan fingerprint density at radius 2 is 2.05 bits per heavy atom. The number of aliphatic carboxylic acids is 1. The van der Waals surface area contributed by atoms with E-state index in [1.54, 1.807) is 6.07 Å². The molecular formula is C14H18BrFN2O2. The SMILES string of the molecule is CC(c1ccc(F)cc1Br)N1CCN(CC(=O)O)CC1. The van der Waals surface area contributed by atoms with E-state index in [0.717, 1.165) is 36.2 Å². The van der Waals surface area contributed by atoms with Crippen molar-refractivity contribution >= 4 is 21.9 Å². The van der Waals surface area contributed by atoms with E-state index in [2.05, 4.69) is 27.8 Å². The van der Waals surface area contributed by atoms with E-state index in [-0.39, 0.29) is 18.4 Å². The van der Waals surface area contributed by atoms with Gasteiger partial charge in [0.25, 0.3) is 0 Å². The maximum atomic E-state index is 13.1. The van der Waals surface area contributed by atoms with E-state index >= 15 is 0 Å². The first-order valence-electron chi connectivity index (χ1n) is 6.60. The molecular weight excluding hydrogens is 327 g/mol. The van der Waals surface area contributed by atoms with Crippen molar-refractivity contribution in [3.8, 4) is 0 Å². The summed E-state index contributed by atoms with van der Waals surface area (Å²) < 4.78 is 13.9. The smallest absolute Gasteiger partial charge is 0.317 e. The molecule has 110 valence electrons. The van der Waals surface area contributed by atoms with Crippen LogP contribution < -0.4 is 0 Å². The predicted octanol–water partition coefficient (Wildman–Crippen LogP) is 2.35. The summed E-state index contributed by atoms with van der Waals surface area (Å²) in [5.41, 5.74) is 1.05. The minimum absolute atomic E-state index is 0.0997. The fourth-order valence-corrected chi connectivity index (χ4v) is 3.22. The number of rotatable bonds is 4. The first kappa shape index (κ1) is 15.4. The molecule has 1 aliphatic rings. The van der Waals surface area contributed by atoms with E-state index in [9.17, 15) is 9.18 Å². The minimum atomic E-state index is -0.784. The van der Waals surface area contributed by atoms with Crippen molar-refractivity contribution in [2.24, 2.45) is 0 Å². The summed E-state index contributed by atoms with van der Waals surface area (Å²) in [5.74, 6) is -1.04. The molecule has 2 rings (SSSR count). The minimum Gasteiger partial charge on any atom is -0.480 e. The Balaban J connectivity index is 1.97. The van der Waals surface area contributed by atoms with Gasteiger partial charge in [0.1, 0.15) is 5.82 Å². The average Bonchev–Trinajstić information content (AvgIpc) is 2.38. The Morgan fingerprint density at radius 1 is 1.40 bits per heavy atom. The molecule has 0 aromatic heterocycles. The van der Waals surface area contributed by atoms with Gasteiger partial charge in [-0.2, -0.15) is 0 Å². The third-order valence-electron chi connectivity index (χ3n) is 3.73. The summed E-state index contributed by atoms with van der Waals surface area (Å²) in [4.78, 5) is 14.9. The lowest BCUT2D eigenvalue weighted by molar-refractivity contribution is -0.138. The molecule has 1 aromatic rings. The van der Waals surface area contributed by atoms with E-state index in [4.69, 9.17) is 5.11 Å². The van der Waals surface area contributed by atoms with E-state index in [1.807, 2.05) is 4.90 Å². The van der Waals surface area contributed by atoms with Crippen LogP contribution in [0.2, 0.25) is 0 Å². The maximum absolute atomic E-state index is 13.1. The Morgan fingerprint density at radius 3 is 2.60 bits per heavy atom. The number of piperazine rings is 1. The fraction of sp³-hybridized carbons (Fsp3) is 0.500. The molecule has 0 radical (unpaired) electrons. The molecule has 0 bridgehead atoms. The van der Waals surface area contributed by atoms with Crippen LogP contribution in [0, 0.1) is 5.82 Å². The molecule has 1 unspecified atom stereocenters. The highest BCUT2D eigenvalue weighted by Crippen LogP contribution is 2.28. The van der Waals surface area contributed by atoms with E-state index in [1.165, 1.54) is 12.1 Å². The van der Waals surface area contributed by atoms with Gasteiger partial charge in [-0.1, -0.05) is 22.0 Å². The van der Waals surface area contributed by atoms with Crippen LogP contribution in [0.1, 0.15) is 18.5 Å². The molecule has 1 atom stereocenters. The van der Waals surface area contributed by atoms with Gasteiger partial charge in [0.05, 0.1) is 6.54 Å². The molecule has 0 aliphatic carbocycles. The molecule has 0 saturated carbocycles. The lowest BCUT2D eigenvalue weighted by Crippen LogP contribution is -2.48. The molecule has 1 fully saturated rings. The summed E-state index contributed by atoms with van der Waals surface area (Å²) in [6, 6.07) is 4.93. The molecule has 0 amide bonds. The molecule has 6 heteroatoms. The number of carboxylic acid groups (broad SMARTS) is 1. The van der Waals surface area contributed by atoms with Crippen molar-refractivity contribution in [1.82, 2.24) is 9.80 Å². The van der Waals surface area contributed by atoms with Crippen molar-refractivity contribution in [2.75, 3.05) is 32.7 Å². The summed E-state index contributed by atoms with van der Waals surface area (Å²) in [7, 11) is 0. The van der Waals surface area contributed by atoms with Crippen LogP contribution in [0.15, 0.2) is 22.7 Å². The number of benzene rings is 1. The van der Waals surface area contributed by atoms with Gasteiger partial charge in [-0.05, 0) is 24.6 Å². The van der Waals surface area contributed by atoms with Gasteiger partial charge in [0.15, 0.2) is 0 Å². The normalized spacial score (nSPS) is 18.9. The number of hydrogen-bond acceptors (Lipinski definition) is 3. The van der Waals surface area contributed by atoms with Gasteiger partial charge >= 0.3 is 5.97 Å². The fourth-order valence-electron chi connectivity index (χ4n) is 2.54. The van der Waals surface area contributed by atoms with Gasteiger partial charge < -0.3 is 5.11 Å². The first-order chi connectivity index (χ1) is 9.47. The highest BCUT2D eigenvalue weighted by Gasteiger charge is 2.24. The van der Waals surface area contributed by atoms with Crippen molar-refractivity contribution in [3.63, 3.8) is 0 Å². The summed E-state index contributed by atoms with van der Waals surface area (Å²) in [5, 5.41) is 8.78. The quantitative estimate of drug-likeness (QED) is 0.910. The molecule has 1 aromatic carbocycles. The Kier molecular flexibility index (Phi) is 5.12. The Bertz CT molecular complexity index is 490. The first-order valence-corrected chi connectivity index (χ1v) is 7.40. The van der Waals surface area contributed by atoms with Crippen LogP contribution in [0.4, 0.5) is 4.39 Å². The molecule has 1 heterocycles. The largest absolute Gasteiger partial charge is 0.480 e. The second kappa shape index (κ2) is 6.65. The zero-order valence-electron chi connectivity index (χ0n) is 11.4. The zero-order valence-corrected chi connectivity index (χ0v) is 12.9. The number of halogens is 2. The average molecular weight is 345 g/mol. The second-order valence-corrected chi connectivity index (χ2v) is 5.90. The van der Waals surface area contributed by atoms with Crippen molar-refractivity contribution in [3.05, 3.63) is 34.1 Å². The van der Waals surface area contributed by atoms with Gasteiger partial charge in [0, 0.05) is 36.7 Å². The molecule has 1 aliphatic heterocycles. The summed E-state index contributed by atoms with van der Waals surface area (Å²) >= 11 is 3.40. The third kappa shape index (κ3) is 3.77. The van der Waals surface area contributed by atoms with Crippen LogP contribution in [0.25, 0.3) is 0 Å². The van der Waals surface area contributed by atoms with Crippen LogP contribution in [0.5, 0.6) is 0 Å². The summed E-state index contributed by atoms with van der Waals surface area (Å²) in [6.45, 7) is 5.31. The van der Waals surface area contributed by atoms with E-state index in [0.29, 0.717) is 0 Å². The second-order valence-electron chi connectivity index (χ2n) is 5.05. The van der Waals surface area contributed by atoms with Gasteiger partial charge in [-0.15, -0.1) is 0 Å². The lowest BCUT2D eigenvalue weighted by Gasteiger charge is -2.37. The number of carbonyl (C=O) groups is 1. The van der Waals surface area contributed by atoms with Crippen LogP contribution in [-0.4, -0.2) is 53.6 Å². The van der Waals surface area contributed by atoms with Crippen molar-refractivity contribution < 1.29 is 14.3 Å². The molecule has 1 saturated heterocycles. The standard InChI is InChI=1S/C14H18BrFN2O2/c1-10(12-3-2-11(16)8-13(12)15)18-6-4-17(5-7-18)9-14(19)20/h2-3,8,10H,4-7,9H2,1H3,(H,19,20). The van der Waals surface area contributed by atoms with Gasteiger partial charge in [-0.3, -0.25) is 14.6 Å². The predicted molar refractivity (Wildman–Crippen MR) is 78.2 cm³/mol. The maximum Gasteiger partial charge on any atom is 0.317 e.